The second-order valence-corrected chi connectivity index (χ2v) is 5.73. The molecule has 1 unspecified atom stereocenters. The van der Waals surface area contributed by atoms with Crippen LogP contribution < -0.4 is 0 Å². The number of hydrogen-bond donors (Lipinski definition) is 0. The van der Waals surface area contributed by atoms with E-state index in [1.165, 1.54) is 0 Å². The molecule has 1 heterocycles. The van der Waals surface area contributed by atoms with Crippen molar-refractivity contribution in [2.24, 2.45) is 0 Å². The van der Waals surface area contributed by atoms with Gasteiger partial charge in [0.1, 0.15) is 6.10 Å². The molecule has 1 atom stereocenters. The smallest absolute Gasteiger partial charge is 0.166 e. The van der Waals surface area contributed by atoms with Crippen LogP contribution in [0.3, 0.4) is 0 Å². The molecule has 1 saturated heterocycles. The van der Waals surface area contributed by atoms with Gasteiger partial charge in [0.2, 0.25) is 0 Å². The van der Waals surface area contributed by atoms with E-state index in [4.69, 9.17) is 27.9 Å². The molecule has 92 valence electrons. The summed E-state index contributed by atoms with van der Waals surface area (Å²) >= 11 is 13.7. The summed E-state index contributed by atoms with van der Waals surface area (Å²) in [6.45, 7) is 0.643. The Morgan fingerprint density at radius 3 is 3.00 bits per heavy atom. The Morgan fingerprint density at radius 1 is 1.47 bits per heavy atom. The van der Waals surface area contributed by atoms with Crippen LogP contribution in [0.5, 0.6) is 0 Å². The second kappa shape index (κ2) is 6.10. The number of carbonyl (C=O) groups excluding carboxylic acids is 1. The Labute approximate surface area is 115 Å². The van der Waals surface area contributed by atoms with Gasteiger partial charge in [0.25, 0.3) is 0 Å². The molecule has 0 amide bonds. The fourth-order valence-electron chi connectivity index (χ4n) is 1.66. The van der Waals surface area contributed by atoms with Crippen molar-refractivity contribution in [3.05, 3.63) is 33.8 Å². The van der Waals surface area contributed by atoms with Crippen molar-refractivity contribution >= 4 is 40.7 Å². The molecule has 0 spiro atoms. The largest absolute Gasteiger partial charge is 0.369 e. The first-order valence-corrected chi connectivity index (χ1v) is 7.24. The van der Waals surface area contributed by atoms with Gasteiger partial charge < -0.3 is 4.74 Å². The Morgan fingerprint density at radius 2 is 2.29 bits per heavy atom. The lowest BCUT2D eigenvalue weighted by atomic mass is 10.1. The number of thioether (sulfide) groups is 1. The number of Topliss-reactive ketones (excluding diaryl/α,β-unsaturated/α-hetero) is 1. The minimum Gasteiger partial charge on any atom is -0.369 e. The molecule has 5 heteroatoms. The summed E-state index contributed by atoms with van der Waals surface area (Å²) in [6, 6.07) is 5.33. The van der Waals surface area contributed by atoms with Gasteiger partial charge in [0, 0.05) is 17.9 Å². The molecule has 0 radical (unpaired) electrons. The lowest BCUT2D eigenvalue weighted by Gasteiger charge is -2.21. The highest BCUT2D eigenvalue weighted by molar-refractivity contribution is 7.99. The van der Waals surface area contributed by atoms with Crippen LogP contribution >= 0.6 is 35.0 Å². The summed E-state index contributed by atoms with van der Waals surface area (Å²) in [5.74, 6) is 1.76. The summed E-state index contributed by atoms with van der Waals surface area (Å²) < 4.78 is 5.44. The summed E-state index contributed by atoms with van der Waals surface area (Å²) in [7, 11) is 0. The highest BCUT2D eigenvalue weighted by Gasteiger charge is 2.23. The van der Waals surface area contributed by atoms with Crippen molar-refractivity contribution in [2.45, 2.75) is 12.5 Å². The zero-order valence-electron chi connectivity index (χ0n) is 9.12. The average molecular weight is 291 g/mol. The van der Waals surface area contributed by atoms with E-state index < -0.39 is 0 Å². The molecular formula is C12H12Cl2O2S. The molecule has 0 aromatic heterocycles. The number of halogens is 2. The fraction of sp³-hybridized carbons (Fsp3) is 0.417. The Kier molecular flexibility index (Phi) is 4.74. The van der Waals surface area contributed by atoms with Crippen molar-refractivity contribution in [2.75, 3.05) is 18.1 Å². The van der Waals surface area contributed by atoms with E-state index in [-0.39, 0.29) is 18.3 Å². The van der Waals surface area contributed by atoms with Crippen molar-refractivity contribution in [1.29, 1.82) is 0 Å². The average Bonchev–Trinajstić information content (AvgIpc) is 2.36. The van der Waals surface area contributed by atoms with Crippen molar-refractivity contribution < 1.29 is 9.53 Å². The monoisotopic (exact) mass is 290 g/mol. The van der Waals surface area contributed by atoms with Gasteiger partial charge in [-0.2, -0.15) is 11.8 Å². The molecule has 0 bridgehead atoms. The van der Waals surface area contributed by atoms with Crippen LogP contribution in [0.1, 0.15) is 5.56 Å². The molecule has 0 N–H and O–H groups in total. The third-order valence-corrected chi connectivity index (χ3v) is 4.42. The first kappa shape index (κ1) is 13.2. The molecule has 1 aliphatic rings. The maximum absolute atomic E-state index is 12.0. The molecule has 1 aromatic rings. The minimum atomic E-state index is -0.302. The van der Waals surface area contributed by atoms with Gasteiger partial charge in [0.05, 0.1) is 16.7 Å². The molecule has 1 fully saturated rings. The standard InChI is InChI=1S/C12H12Cl2O2S/c13-9-3-1-2-8(12(9)14)6-10(15)11-7-17-5-4-16-11/h1-3,11H,4-7H2. The molecule has 1 aromatic carbocycles. The number of benzene rings is 1. The molecule has 2 nitrogen and oxygen atoms in total. The normalized spacial score (nSPS) is 20.2. The van der Waals surface area contributed by atoms with Gasteiger partial charge in [-0.05, 0) is 11.6 Å². The van der Waals surface area contributed by atoms with Gasteiger partial charge >= 0.3 is 0 Å². The number of ketones is 1. The van der Waals surface area contributed by atoms with E-state index in [1.54, 1.807) is 23.9 Å². The van der Waals surface area contributed by atoms with Gasteiger partial charge in [-0.1, -0.05) is 35.3 Å². The molecule has 17 heavy (non-hydrogen) atoms. The van der Waals surface area contributed by atoms with Crippen LogP contribution in [-0.2, 0) is 16.0 Å². The van der Waals surface area contributed by atoms with Crippen LogP contribution in [0.15, 0.2) is 18.2 Å². The SMILES string of the molecule is O=C(Cc1cccc(Cl)c1Cl)C1CSCCO1. The summed E-state index contributed by atoms with van der Waals surface area (Å²) in [4.78, 5) is 12.0. The molecule has 1 aliphatic heterocycles. The number of hydrogen-bond acceptors (Lipinski definition) is 3. The molecule has 0 aliphatic carbocycles. The van der Waals surface area contributed by atoms with E-state index in [2.05, 4.69) is 0 Å². The zero-order valence-corrected chi connectivity index (χ0v) is 11.4. The predicted octanol–water partition coefficient (Wildman–Crippen LogP) is 3.24. The number of carbonyl (C=O) groups is 1. The third kappa shape index (κ3) is 3.38. The third-order valence-electron chi connectivity index (χ3n) is 2.57. The Hall–Kier alpha value is -0.220. The number of ether oxygens (including phenoxy) is 1. The maximum Gasteiger partial charge on any atom is 0.166 e. The predicted molar refractivity (Wildman–Crippen MR) is 72.2 cm³/mol. The van der Waals surface area contributed by atoms with Crippen LogP contribution in [0.25, 0.3) is 0 Å². The van der Waals surface area contributed by atoms with E-state index in [0.29, 0.717) is 16.7 Å². The van der Waals surface area contributed by atoms with E-state index in [0.717, 1.165) is 17.1 Å². The number of rotatable bonds is 3. The molecule has 2 rings (SSSR count). The van der Waals surface area contributed by atoms with Crippen LogP contribution in [0.4, 0.5) is 0 Å². The van der Waals surface area contributed by atoms with E-state index >= 15 is 0 Å². The quantitative estimate of drug-likeness (QED) is 0.855. The van der Waals surface area contributed by atoms with E-state index in [1.807, 2.05) is 6.07 Å². The summed E-state index contributed by atoms with van der Waals surface area (Å²) in [5, 5.41) is 0.946. The second-order valence-electron chi connectivity index (χ2n) is 3.79. The van der Waals surface area contributed by atoms with Gasteiger partial charge in [-0.15, -0.1) is 0 Å². The Balaban J connectivity index is 2.04. The highest BCUT2D eigenvalue weighted by atomic mass is 35.5. The lowest BCUT2D eigenvalue weighted by Crippen LogP contribution is -2.32. The van der Waals surface area contributed by atoms with Crippen LogP contribution in [0, 0.1) is 0 Å². The van der Waals surface area contributed by atoms with Crippen molar-refractivity contribution in [3.63, 3.8) is 0 Å². The first-order chi connectivity index (χ1) is 8.18. The Bertz CT molecular complexity index is 417. The topological polar surface area (TPSA) is 26.3 Å². The van der Waals surface area contributed by atoms with Gasteiger partial charge in [-0.25, -0.2) is 0 Å². The summed E-state index contributed by atoms with van der Waals surface area (Å²) in [6.07, 6.45) is -0.0197. The lowest BCUT2D eigenvalue weighted by molar-refractivity contribution is -0.128. The minimum absolute atomic E-state index is 0.0707. The fourth-order valence-corrected chi connectivity index (χ4v) is 2.92. The van der Waals surface area contributed by atoms with Crippen LogP contribution in [0.2, 0.25) is 10.0 Å². The summed E-state index contributed by atoms with van der Waals surface area (Å²) in [5.41, 5.74) is 0.767. The van der Waals surface area contributed by atoms with Gasteiger partial charge in [0.15, 0.2) is 5.78 Å². The first-order valence-electron chi connectivity index (χ1n) is 5.33. The maximum atomic E-state index is 12.0. The molecule has 0 saturated carbocycles. The zero-order chi connectivity index (χ0) is 12.3. The highest BCUT2D eigenvalue weighted by Crippen LogP contribution is 2.26. The van der Waals surface area contributed by atoms with Crippen molar-refractivity contribution in [3.8, 4) is 0 Å². The van der Waals surface area contributed by atoms with Gasteiger partial charge in [-0.3, -0.25) is 4.79 Å². The molecular weight excluding hydrogens is 279 g/mol. The van der Waals surface area contributed by atoms with Crippen molar-refractivity contribution in [1.82, 2.24) is 0 Å². The van der Waals surface area contributed by atoms with E-state index in [9.17, 15) is 4.79 Å². The van der Waals surface area contributed by atoms with Crippen LogP contribution in [-0.4, -0.2) is 30.0 Å².